The maximum atomic E-state index is 9.54. The second kappa shape index (κ2) is 5.10. The fraction of sp³-hybridized carbons (Fsp3) is 0.455. The van der Waals surface area contributed by atoms with Crippen molar-refractivity contribution in [1.82, 2.24) is 0 Å². The van der Waals surface area contributed by atoms with Crippen LogP contribution in [0.15, 0.2) is 24.3 Å². The fourth-order valence-electron chi connectivity index (χ4n) is 1.33. The summed E-state index contributed by atoms with van der Waals surface area (Å²) in [6.07, 6.45) is -0.706. The molecule has 0 radical (unpaired) electrons. The van der Waals surface area contributed by atoms with Crippen molar-refractivity contribution in [1.29, 1.82) is 0 Å². The summed E-state index contributed by atoms with van der Waals surface area (Å²) in [5, 5.41) is 18.7. The minimum absolute atomic E-state index is 0.623. The van der Waals surface area contributed by atoms with Gasteiger partial charge < -0.3 is 15.9 Å². The Bertz CT molecular complexity index is 269. The normalized spacial score (nSPS) is 15.1. The molecule has 1 aromatic rings. The highest BCUT2D eigenvalue weighted by Crippen LogP contribution is 2.17. The van der Waals surface area contributed by atoms with E-state index in [1.807, 2.05) is 24.3 Å². The van der Waals surface area contributed by atoms with Crippen LogP contribution in [0.2, 0.25) is 0 Å². The number of rotatable bonds is 4. The number of aliphatic hydroxyl groups excluding tert-OH is 2. The Morgan fingerprint density at radius 1 is 1.21 bits per heavy atom. The zero-order valence-corrected chi connectivity index (χ0v) is 8.35. The summed E-state index contributed by atoms with van der Waals surface area (Å²) >= 11 is 0. The van der Waals surface area contributed by atoms with Crippen molar-refractivity contribution < 1.29 is 10.2 Å². The first-order valence-corrected chi connectivity index (χ1v) is 4.80. The Balaban J connectivity index is 2.72. The zero-order chi connectivity index (χ0) is 10.6. The average molecular weight is 195 g/mol. The summed E-state index contributed by atoms with van der Waals surface area (Å²) in [7, 11) is 0. The third-order valence-corrected chi connectivity index (χ3v) is 2.21. The molecule has 3 heteroatoms. The van der Waals surface area contributed by atoms with Crippen molar-refractivity contribution >= 4 is 0 Å². The van der Waals surface area contributed by atoms with Crippen LogP contribution < -0.4 is 5.73 Å². The Morgan fingerprint density at radius 3 is 2.21 bits per heavy atom. The van der Waals surface area contributed by atoms with Crippen LogP contribution in [0.25, 0.3) is 0 Å². The van der Waals surface area contributed by atoms with Gasteiger partial charge in [-0.3, -0.25) is 0 Å². The lowest BCUT2D eigenvalue weighted by Gasteiger charge is -2.14. The summed E-state index contributed by atoms with van der Waals surface area (Å²) in [4.78, 5) is 0. The van der Waals surface area contributed by atoms with E-state index < -0.39 is 12.2 Å². The molecule has 4 N–H and O–H groups in total. The molecule has 1 rings (SSSR count). The minimum Gasteiger partial charge on any atom is -0.390 e. The van der Waals surface area contributed by atoms with E-state index in [4.69, 9.17) is 5.73 Å². The largest absolute Gasteiger partial charge is 0.390 e. The predicted octanol–water partition coefficient (Wildman–Crippen LogP) is 0.602. The lowest BCUT2D eigenvalue weighted by Crippen LogP contribution is -2.13. The fourth-order valence-corrected chi connectivity index (χ4v) is 1.33. The van der Waals surface area contributed by atoms with Gasteiger partial charge in [-0.25, -0.2) is 0 Å². The number of aliphatic hydroxyl groups is 2. The second-order valence-electron chi connectivity index (χ2n) is 3.47. The average Bonchev–Trinajstić information content (AvgIpc) is 2.18. The van der Waals surface area contributed by atoms with Crippen molar-refractivity contribution in [3.63, 3.8) is 0 Å². The Labute approximate surface area is 84.2 Å². The summed E-state index contributed by atoms with van der Waals surface area (Å²) in [5.74, 6) is 0. The summed E-state index contributed by atoms with van der Waals surface area (Å²) < 4.78 is 0. The van der Waals surface area contributed by atoms with Crippen LogP contribution in [0.4, 0.5) is 0 Å². The third kappa shape index (κ3) is 2.80. The van der Waals surface area contributed by atoms with Crippen LogP contribution in [0.3, 0.4) is 0 Å². The molecule has 0 amide bonds. The first-order chi connectivity index (χ1) is 6.65. The van der Waals surface area contributed by atoms with Crippen LogP contribution in [0, 0.1) is 0 Å². The molecule has 0 heterocycles. The topological polar surface area (TPSA) is 66.5 Å². The molecule has 3 nitrogen and oxygen atoms in total. The highest BCUT2D eigenvalue weighted by atomic mass is 16.3. The molecule has 0 saturated carbocycles. The molecule has 1 aromatic carbocycles. The number of hydrogen-bond donors (Lipinski definition) is 3. The van der Waals surface area contributed by atoms with E-state index in [0.29, 0.717) is 6.54 Å². The van der Waals surface area contributed by atoms with Crippen LogP contribution in [-0.4, -0.2) is 22.9 Å². The van der Waals surface area contributed by atoms with Crippen LogP contribution >= 0.6 is 0 Å². The second-order valence-corrected chi connectivity index (χ2v) is 3.47. The van der Waals surface area contributed by atoms with E-state index in [1.165, 1.54) is 0 Å². The molecular formula is C11H17NO2. The van der Waals surface area contributed by atoms with Gasteiger partial charge in [0.15, 0.2) is 0 Å². The molecule has 2 atom stereocenters. The van der Waals surface area contributed by atoms with Gasteiger partial charge in [0.1, 0.15) is 6.10 Å². The predicted molar refractivity (Wildman–Crippen MR) is 55.8 cm³/mol. The maximum Gasteiger partial charge on any atom is 0.105 e. The smallest absolute Gasteiger partial charge is 0.105 e. The summed E-state index contributed by atoms with van der Waals surface area (Å²) in [6, 6.07) is 7.49. The van der Waals surface area contributed by atoms with Gasteiger partial charge in [0, 0.05) is 0 Å². The van der Waals surface area contributed by atoms with Gasteiger partial charge in [0.25, 0.3) is 0 Å². The molecule has 0 aliphatic carbocycles. The van der Waals surface area contributed by atoms with Crippen LogP contribution in [0.1, 0.15) is 24.2 Å². The summed E-state index contributed by atoms with van der Waals surface area (Å²) in [6.45, 7) is 2.19. The highest BCUT2D eigenvalue weighted by molar-refractivity contribution is 5.24. The van der Waals surface area contributed by atoms with E-state index in [0.717, 1.165) is 17.5 Å². The standard InChI is InChI=1S/C11H17NO2/c1-8(13)11(14)10-4-2-9(3-5-10)6-7-12/h2-5,8,11,13-14H,6-7,12H2,1H3. The highest BCUT2D eigenvalue weighted by Gasteiger charge is 2.12. The van der Waals surface area contributed by atoms with Crippen molar-refractivity contribution in [3.8, 4) is 0 Å². The van der Waals surface area contributed by atoms with Crippen molar-refractivity contribution in [3.05, 3.63) is 35.4 Å². The lowest BCUT2D eigenvalue weighted by molar-refractivity contribution is 0.0305. The van der Waals surface area contributed by atoms with Gasteiger partial charge in [-0.15, -0.1) is 0 Å². The Kier molecular flexibility index (Phi) is 4.07. The Hall–Kier alpha value is -0.900. The van der Waals surface area contributed by atoms with Gasteiger partial charge in [-0.1, -0.05) is 24.3 Å². The first-order valence-electron chi connectivity index (χ1n) is 4.80. The third-order valence-electron chi connectivity index (χ3n) is 2.21. The molecule has 0 fully saturated rings. The molecule has 0 spiro atoms. The maximum absolute atomic E-state index is 9.54. The molecule has 0 aliphatic heterocycles. The van der Waals surface area contributed by atoms with Gasteiger partial charge in [0.2, 0.25) is 0 Å². The van der Waals surface area contributed by atoms with Gasteiger partial charge in [0.05, 0.1) is 6.10 Å². The minimum atomic E-state index is -0.804. The number of hydrogen-bond acceptors (Lipinski definition) is 3. The summed E-state index contributed by atoms with van der Waals surface area (Å²) in [5.41, 5.74) is 7.30. The number of benzene rings is 1. The molecule has 0 bridgehead atoms. The van der Waals surface area contributed by atoms with Gasteiger partial charge in [-0.2, -0.15) is 0 Å². The molecule has 14 heavy (non-hydrogen) atoms. The monoisotopic (exact) mass is 195 g/mol. The molecule has 2 unspecified atom stereocenters. The van der Waals surface area contributed by atoms with Crippen molar-refractivity contribution in [2.45, 2.75) is 25.6 Å². The van der Waals surface area contributed by atoms with Crippen LogP contribution in [-0.2, 0) is 6.42 Å². The van der Waals surface area contributed by atoms with Crippen molar-refractivity contribution in [2.24, 2.45) is 5.73 Å². The van der Waals surface area contributed by atoms with E-state index >= 15 is 0 Å². The van der Waals surface area contributed by atoms with Gasteiger partial charge in [-0.05, 0) is 31.0 Å². The van der Waals surface area contributed by atoms with E-state index in [2.05, 4.69) is 0 Å². The molecule has 0 aliphatic rings. The molecular weight excluding hydrogens is 178 g/mol. The molecule has 0 aromatic heterocycles. The first kappa shape index (κ1) is 11.2. The molecule has 78 valence electrons. The van der Waals surface area contributed by atoms with E-state index in [-0.39, 0.29) is 0 Å². The van der Waals surface area contributed by atoms with Crippen LogP contribution in [0.5, 0.6) is 0 Å². The van der Waals surface area contributed by atoms with Gasteiger partial charge >= 0.3 is 0 Å². The number of nitrogens with two attached hydrogens (primary N) is 1. The van der Waals surface area contributed by atoms with E-state index in [1.54, 1.807) is 6.92 Å². The zero-order valence-electron chi connectivity index (χ0n) is 8.35. The SMILES string of the molecule is CC(O)C(O)c1ccc(CCN)cc1. The lowest BCUT2D eigenvalue weighted by atomic mass is 10.0. The van der Waals surface area contributed by atoms with Crippen molar-refractivity contribution in [2.75, 3.05) is 6.54 Å². The quantitative estimate of drug-likeness (QED) is 0.659. The van der Waals surface area contributed by atoms with E-state index in [9.17, 15) is 10.2 Å². The molecule has 0 saturated heterocycles. The Morgan fingerprint density at radius 2 is 1.79 bits per heavy atom.